The molecule has 0 spiro atoms. The number of carbonyl (C=O) groups excluding carboxylic acids is 2. The first-order valence-corrected chi connectivity index (χ1v) is 10.2. The number of rotatable bonds is 9. The lowest BCUT2D eigenvalue weighted by Gasteiger charge is -2.30. The molecule has 1 fully saturated rings. The van der Waals surface area contributed by atoms with Crippen LogP contribution < -0.4 is 11.0 Å². The molecule has 0 aliphatic heterocycles. The van der Waals surface area contributed by atoms with E-state index in [9.17, 15) is 14.4 Å². The maximum absolute atomic E-state index is 12.4. The monoisotopic (exact) mass is 393 g/mol. The van der Waals surface area contributed by atoms with Crippen molar-refractivity contribution in [3.8, 4) is 0 Å². The highest BCUT2D eigenvalue weighted by molar-refractivity contribution is 5.76. The molecule has 1 aromatic heterocycles. The number of carbonyl (C=O) groups is 2. The van der Waals surface area contributed by atoms with Gasteiger partial charge >= 0.3 is 5.69 Å². The zero-order chi connectivity index (χ0) is 20.9. The average Bonchev–Trinajstić information content (AvgIpc) is 3.16. The van der Waals surface area contributed by atoms with Crippen LogP contribution in [0.2, 0.25) is 0 Å². The van der Waals surface area contributed by atoms with Crippen LogP contribution in [0.3, 0.4) is 0 Å². The third kappa shape index (κ3) is 6.49. The van der Waals surface area contributed by atoms with Gasteiger partial charge in [0.15, 0.2) is 0 Å². The Hall–Kier alpha value is -2.12. The number of nitrogens with one attached hydrogen (secondary N) is 1. The van der Waals surface area contributed by atoms with E-state index in [1.54, 1.807) is 19.0 Å². The molecule has 2 amide bonds. The predicted octanol–water partition coefficient (Wildman–Crippen LogP) is 1.40. The number of aryl methyl sites for hydroxylation is 2. The highest BCUT2D eigenvalue weighted by atomic mass is 16.2. The number of amides is 2. The van der Waals surface area contributed by atoms with E-state index >= 15 is 0 Å². The zero-order valence-electron chi connectivity index (χ0n) is 17.9. The first-order valence-electron chi connectivity index (χ1n) is 10.2. The molecule has 0 aromatic carbocycles. The van der Waals surface area contributed by atoms with Gasteiger partial charge in [0, 0.05) is 40.0 Å². The molecule has 2 atom stereocenters. The smallest absolute Gasteiger partial charge is 0.345 e. The quantitative estimate of drug-likeness (QED) is 0.687. The second-order valence-corrected chi connectivity index (χ2v) is 9.18. The van der Waals surface area contributed by atoms with E-state index < -0.39 is 0 Å². The van der Waals surface area contributed by atoms with Crippen LogP contribution in [0.1, 0.15) is 52.9 Å². The molecular formula is C20H35N5O3. The van der Waals surface area contributed by atoms with Crippen LogP contribution in [0, 0.1) is 17.3 Å². The Bertz CT molecular complexity index is 736. The minimum absolute atomic E-state index is 0.0445. The standard InChI is InChI=1S/C20H35N5O3/c1-15-6-7-16(10-15)11-17(26)21-12-20(2,3)13-23(4)18(27)8-9-25-19(28)24(5)14-22-25/h14-16H,6-13H2,1-5H3,(H,21,26). The Morgan fingerprint density at radius 3 is 2.64 bits per heavy atom. The van der Waals surface area contributed by atoms with E-state index in [4.69, 9.17) is 0 Å². The molecule has 1 heterocycles. The van der Waals surface area contributed by atoms with E-state index in [-0.39, 0.29) is 35.9 Å². The maximum Gasteiger partial charge on any atom is 0.345 e. The molecule has 1 aliphatic carbocycles. The normalized spacial score (nSPS) is 19.6. The van der Waals surface area contributed by atoms with Gasteiger partial charge < -0.3 is 10.2 Å². The van der Waals surface area contributed by atoms with E-state index in [2.05, 4.69) is 17.3 Å². The average molecular weight is 394 g/mol. The molecule has 2 rings (SSSR count). The van der Waals surface area contributed by atoms with Gasteiger partial charge in [-0.2, -0.15) is 5.10 Å². The minimum Gasteiger partial charge on any atom is -0.355 e. The molecule has 28 heavy (non-hydrogen) atoms. The van der Waals surface area contributed by atoms with Gasteiger partial charge in [-0.1, -0.05) is 27.2 Å². The van der Waals surface area contributed by atoms with E-state index in [1.165, 1.54) is 22.0 Å². The summed E-state index contributed by atoms with van der Waals surface area (Å²) in [6, 6.07) is 0. The van der Waals surface area contributed by atoms with Crippen molar-refractivity contribution in [3.05, 3.63) is 16.8 Å². The minimum atomic E-state index is -0.231. The highest BCUT2D eigenvalue weighted by Crippen LogP contribution is 2.32. The van der Waals surface area contributed by atoms with Crippen molar-refractivity contribution in [2.24, 2.45) is 24.3 Å². The van der Waals surface area contributed by atoms with Crippen LogP contribution in [-0.4, -0.2) is 51.2 Å². The summed E-state index contributed by atoms with van der Waals surface area (Å²) >= 11 is 0. The van der Waals surface area contributed by atoms with Crippen LogP contribution in [0.25, 0.3) is 0 Å². The van der Waals surface area contributed by atoms with Gasteiger partial charge in [0.25, 0.3) is 0 Å². The highest BCUT2D eigenvalue weighted by Gasteiger charge is 2.26. The molecule has 0 saturated heterocycles. The Labute approximate surface area is 167 Å². The number of hydrogen-bond donors (Lipinski definition) is 1. The third-order valence-corrected chi connectivity index (χ3v) is 5.56. The van der Waals surface area contributed by atoms with E-state index in [1.807, 2.05) is 13.8 Å². The van der Waals surface area contributed by atoms with Crippen molar-refractivity contribution >= 4 is 11.8 Å². The van der Waals surface area contributed by atoms with Crippen molar-refractivity contribution in [2.45, 2.75) is 59.4 Å². The van der Waals surface area contributed by atoms with E-state index in [0.29, 0.717) is 25.4 Å². The first kappa shape index (κ1) is 22.2. The summed E-state index contributed by atoms with van der Waals surface area (Å²) in [7, 11) is 3.39. The first-order chi connectivity index (χ1) is 13.1. The fraction of sp³-hybridized carbons (Fsp3) is 0.800. The molecule has 2 unspecified atom stereocenters. The molecule has 0 radical (unpaired) electrons. The Balaban J connectivity index is 1.73. The number of aromatic nitrogens is 3. The van der Waals surface area contributed by atoms with Gasteiger partial charge in [0.1, 0.15) is 6.33 Å². The van der Waals surface area contributed by atoms with Crippen LogP contribution in [0.5, 0.6) is 0 Å². The largest absolute Gasteiger partial charge is 0.355 e. The van der Waals surface area contributed by atoms with Crippen molar-refractivity contribution in [1.82, 2.24) is 24.6 Å². The summed E-state index contributed by atoms with van der Waals surface area (Å²) in [5.74, 6) is 1.31. The zero-order valence-corrected chi connectivity index (χ0v) is 17.9. The summed E-state index contributed by atoms with van der Waals surface area (Å²) < 4.78 is 2.67. The molecule has 0 bridgehead atoms. The number of nitrogens with zero attached hydrogens (tertiary/aromatic N) is 4. The maximum atomic E-state index is 12.4. The van der Waals surface area contributed by atoms with Crippen molar-refractivity contribution < 1.29 is 9.59 Å². The fourth-order valence-corrected chi connectivity index (χ4v) is 3.94. The number of hydrogen-bond acceptors (Lipinski definition) is 4. The molecule has 1 saturated carbocycles. The van der Waals surface area contributed by atoms with Crippen molar-refractivity contribution in [3.63, 3.8) is 0 Å². The summed E-state index contributed by atoms with van der Waals surface area (Å²) in [5, 5.41) is 7.01. The predicted molar refractivity (Wildman–Crippen MR) is 108 cm³/mol. The summed E-state index contributed by atoms with van der Waals surface area (Å²) in [4.78, 5) is 38.1. The SMILES string of the molecule is CC1CCC(CC(=O)NCC(C)(C)CN(C)C(=O)CCn2ncn(C)c2=O)C1. The molecular weight excluding hydrogens is 358 g/mol. The van der Waals surface area contributed by atoms with E-state index in [0.717, 1.165) is 18.8 Å². The molecule has 1 aliphatic rings. The summed E-state index contributed by atoms with van der Waals surface area (Å²) in [6.07, 6.45) is 5.78. The third-order valence-electron chi connectivity index (χ3n) is 5.56. The molecule has 1 N–H and O–H groups in total. The van der Waals surface area contributed by atoms with Crippen molar-refractivity contribution in [2.75, 3.05) is 20.1 Å². The second-order valence-electron chi connectivity index (χ2n) is 9.18. The Morgan fingerprint density at radius 1 is 1.36 bits per heavy atom. The van der Waals surface area contributed by atoms with Gasteiger partial charge in [-0.3, -0.25) is 14.2 Å². The van der Waals surface area contributed by atoms with Crippen LogP contribution in [0.15, 0.2) is 11.1 Å². The van der Waals surface area contributed by atoms with Crippen LogP contribution in [0.4, 0.5) is 0 Å². The van der Waals surface area contributed by atoms with Gasteiger partial charge in [-0.15, -0.1) is 0 Å². The van der Waals surface area contributed by atoms with Crippen LogP contribution in [-0.2, 0) is 23.2 Å². The lowest BCUT2D eigenvalue weighted by atomic mass is 9.92. The summed E-state index contributed by atoms with van der Waals surface area (Å²) in [5.41, 5.74) is -0.458. The fourth-order valence-electron chi connectivity index (χ4n) is 3.94. The second kappa shape index (κ2) is 9.39. The molecule has 8 nitrogen and oxygen atoms in total. The van der Waals surface area contributed by atoms with Gasteiger partial charge in [-0.25, -0.2) is 9.48 Å². The molecule has 8 heteroatoms. The topological polar surface area (TPSA) is 89.2 Å². The molecule has 158 valence electrons. The lowest BCUT2D eigenvalue weighted by molar-refractivity contribution is -0.131. The summed E-state index contributed by atoms with van der Waals surface area (Å²) in [6.45, 7) is 7.66. The molecule has 1 aromatic rings. The Kier molecular flexibility index (Phi) is 7.43. The van der Waals surface area contributed by atoms with Gasteiger partial charge in [0.05, 0.1) is 6.54 Å². The lowest BCUT2D eigenvalue weighted by Crippen LogP contribution is -2.43. The van der Waals surface area contributed by atoms with Gasteiger partial charge in [0.2, 0.25) is 11.8 Å². The van der Waals surface area contributed by atoms with Gasteiger partial charge in [-0.05, 0) is 30.1 Å². The Morgan fingerprint density at radius 2 is 2.07 bits per heavy atom. The van der Waals surface area contributed by atoms with Crippen molar-refractivity contribution in [1.29, 1.82) is 0 Å². The van der Waals surface area contributed by atoms with Crippen LogP contribution >= 0.6 is 0 Å².